The Kier molecular flexibility index (Phi) is 8.42. The number of sulfonamides is 1. The summed E-state index contributed by atoms with van der Waals surface area (Å²) in [4.78, 5) is 25.6. The van der Waals surface area contributed by atoms with Gasteiger partial charge in [-0.3, -0.25) is 9.78 Å². The maximum atomic E-state index is 14.3. The van der Waals surface area contributed by atoms with E-state index in [0.29, 0.717) is 18.8 Å². The van der Waals surface area contributed by atoms with Crippen LogP contribution >= 0.6 is 0 Å². The fourth-order valence-corrected chi connectivity index (χ4v) is 5.86. The average molecular weight is 615 g/mol. The zero-order valence-corrected chi connectivity index (χ0v) is 23.6. The van der Waals surface area contributed by atoms with Crippen LogP contribution in [0.25, 0.3) is 22.4 Å². The van der Waals surface area contributed by atoms with E-state index in [1.807, 2.05) is 4.72 Å². The standard InChI is InChI=1S/C29H26F4N6O3S/c1-2-24(40)38-43(41,42)21-7-5-6-19(16-21)25-26(18-9-11-20(30)12-10-18)36-28(29(31,32)33)37-27(25)39-15-14-34-17-23(39)22-8-3-4-13-35-22/h3-13,16,23,34H,2,14-15,17H2,1H3,(H,38,40). The van der Waals surface area contributed by atoms with Gasteiger partial charge in [0.15, 0.2) is 0 Å². The molecule has 0 saturated carbocycles. The number of piperazine rings is 1. The van der Waals surface area contributed by atoms with Crippen LogP contribution in [0.5, 0.6) is 0 Å². The number of amides is 1. The second-order valence-corrected chi connectivity index (χ2v) is 11.4. The van der Waals surface area contributed by atoms with Crippen molar-refractivity contribution in [1.82, 2.24) is 25.0 Å². The number of pyridine rings is 1. The number of benzene rings is 2. The van der Waals surface area contributed by atoms with Gasteiger partial charge in [0.2, 0.25) is 11.7 Å². The van der Waals surface area contributed by atoms with Gasteiger partial charge >= 0.3 is 6.18 Å². The van der Waals surface area contributed by atoms with E-state index in [9.17, 15) is 30.8 Å². The van der Waals surface area contributed by atoms with Gasteiger partial charge in [0, 0.05) is 37.8 Å². The van der Waals surface area contributed by atoms with Crippen molar-refractivity contribution in [2.24, 2.45) is 0 Å². The zero-order chi connectivity index (χ0) is 30.8. The molecule has 1 saturated heterocycles. The van der Waals surface area contributed by atoms with Gasteiger partial charge in [-0.05, 0) is 54.1 Å². The molecule has 0 spiro atoms. The van der Waals surface area contributed by atoms with Gasteiger partial charge in [-0.1, -0.05) is 25.1 Å². The van der Waals surface area contributed by atoms with E-state index in [4.69, 9.17) is 0 Å². The number of aromatic nitrogens is 3. The first kappa shape index (κ1) is 30.0. The first-order chi connectivity index (χ1) is 20.5. The normalized spacial score (nSPS) is 15.7. The molecule has 5 rings (SSSR count). The Labute approximate surface area is 245 Å². The summed E-state index contributed by atoms with van der Waals surface area (Å²) in [6.07, 6.45) is -3.44. The maximum absolute atomic E-state index is 14.3. The van der Waals surface area contributed by atoms with Crippen LogP contribution in [0, 0.1) is 5.82 Å². The van der Waals surface area contributed by atoms with Crippen molar-refractivity contribution in [2.45, 2.75) is 30.5 Å². The van der Waals surface area contributed by atoms with Gasteiger partial charge in [0.05, 0.1) is 27.9 Å². The highest BCUT2D eigenvalue weighted by Gasteiger charge is 2.39. The number of hydrogen-bond acceptors (Lipinski definition) is 8. The van der Waals surface area contributed by atoms with Gasteiger partial charge < -0.3 is 10.2 Å². The Morgan fingerprint density at radius 2 is 1.81 bits per heavy atom. The zero-order valence-electron chi connectivity index (χ0n) is 22.8. The van der Waals surface area contributed by atoms with E-state index in [1.165, 1.54) is 43.3 Å². The summed E-state index contributed by atoms with van der Waals surface area (Å²) in [6, 6.07) is 14.9. The molecule has 43 heavy (non-hydrogen) atoms. The number of hydrogen-bond donors (Lipinski definition) is 2. The van der Waals surface area contributed by atoms with E-state index in [0.717, 1.165) is 12.1 Å². The van der Waals surface area contributed by atoms with Gasteiger partial charge in [0.25, 0.3) is 10.0 Å². The predicted octanol–water partition coefficient (Wildman–Crippen LogP) is 4.73. The fraction of sp³-hybridized carbons (Fsp3) is 0.241. The molecule has 14 heteroatoms. The lowest BCUT2D eigenvalue weighted by molar-refractivity contribution is -0.144. The second kappa shape index (κ2) is 12.1. The quantitative estimate of drug-likeness (QED) is 0.287. The molecule has 1 fully saturated rings. The van der Waals surface area contributed by atoms with E-state index in [-0.39, 0.29) is 46.1 Å². The third-order valence-corrected chi connectivity index (χ3v) is 8.18. The highest BCUT2D eigenvalue weighted by molar-refractivity contribution is 7.90. The van der Waals surface area contributed by atoms with Crippen molar-refractivity contribution in [3.63, 3.8) is 0 Å². The smallest absolute Gasteiger partial charge is 0.345 e. The molecule has 9 nitrogen and oxygen atoms in total. The molecule has 3 heterocycles. The molecule has 2 N–H and O–H groups in total. The molecule has 1 amide bonds. The summed E-state index contributed by atoms with van der Waals surface area (Å²) in [6.45, 7) is 2.48. The molecule has 1 atom stereocenters. The van der Waals surface area contributed by atoms with E-state index in [1.54, 1.807) is 29.3 Å². The number of carbonyl (C=O) groups is 1. The number of carbonyl (C=O) groups excluding carboxylic acids is 1. The lowest BCUT2D eigenvalue weighted by atomic mass is 9.97. The molecule has 1 aliphatic heterocycles. The Hall–Kier alpha value is -4.43. The van der Waals surface area contributed by atoms with Crippen LogP contribution in [0.2, 0.25) is 0 Å². The van der Waals surface area contributed by atoms with Crippen molar-refractivity contribution in [3.8, 4) is 22.4 Å². The Morgan fingerprint density at radius 3 is 2.49 bits per heavy atom. The largest absolute Gasteiger partial charge is 0.451 e. The van der Waals surface area contributed by atoms with Crippen LogP contribution in [0.4, 0.5) is 23.4 Å². The first-order valence-corrected chi connectivity index (χ1v) is 14.8. The van der Waals surface area contributed by atoms with Crippen LogP contribution in [0.1, 0.15) is 30.9 Å². The molecule has 2 aromatic heterocycles. The number of halogens is 4. The highest BCUT2D eigenvalue weighted by Crippen LogP contribution is 2.43. The minimum absolute atomic E-state index is 0.0809. The first-order valence-electron chi connectivity index (χ1n) is 13.3. The van der Waals surface area contributed by atoms with Crippen molar-refractivity contribution in [2.75, 3.05) is 24.5 Å². The minimum Gasteiger partial charge on any atom is -0.345 e. The van der Waals surface area contributed by atoms with Crippen molar-refractivity contribution >= 4 is 21.7 Å². The van der Waals surface area contributed by atoms with Gasteiger partial charge in [-0.15, -0.1) is 0 Å². The SMILES string of the molecule is CCC(=O)NS(=O)(=O)c1cccc(-c2c(-c3ccc(F)cc3)nc(C(F)(F)F)nc2N2CCNCC2c2ccccn2)c1. The molecule has 2 aromatic carbocycles. The topological polar surface area (TPSA) is 117 Å². The number of nitrogens with one attached hydrogen (secondary N) is 2. The molecular formula is C29H26F4N6O3S. The van der Waals surface area contributed by atoms with E-state index >= 15 is 0 Å². The molecule has 4 aromatic rings. The number of anilines is 1. The number of rotatable bonds is 7. The third kappa shape index (κ3) is 6.49. The van der Waals surface area contributed by atoms with Crippen LogP contribution < -0.4 is 14.9 Å². The van der Waals surface area contributed by atoms with Crippen LogP contribution in [-0.4, -0.2) is 48.9 Å². The molecule has 0 bridgehead atoms. The third-order valence-electron chi connectivity index (χ3n) is 6.81. The Bertz CT molecular complexity index is 1740. The van der Waals surface area contributed by atoms with Crippen LogP contribution in [-0.2, 0) is 21.0 Å². The number of nitrogens with zero attached hydrogens (tertiary/aromatic N) is 4. The van der Waals surface area contributed by atoms with Gasteiger partial charge in [-0.2, -0.15) is 13.2 Å². The minimum atomic E-state index is -4.94. The molecule has 0 aliphatic carbocycles. The average Bonchev–Trinajstić information content (AvgIpc) is 3.00. The monoisotopic (exact) mass is 614 g/mol. The van der Waals surface area contributed by atoms with Crippen LogP contribution in [0.3, 0.4) is 0 Å². The second-order valence-electron chi connectivity index (χ2n) is 9.68. The summed E-state index contributed by atoms with van der Waals surface area (Å²) < 4.78 is 84.7. The van der Waals surface area contributed by atoms with E-state index in [2.05, 4.69) is 20.3 Å². The van der Waals surface area contributed by atoms with Gasteiger partial charge in [0.1, 0.15) is 11.6 Å². The highest BCUT2D eigenvalue weighted by atomic mass is 32.2. The van der Waals surface area contributed by atoms with Crippen molar-refractivity contribution in [3.05, 3.63) is 90.3 Å². The summed E-state index contributed by atoms with van der Waals surface area (Å²) >= 11 is 0. The van der Waals surface area contributed by atoms with Crippen LogP contribution in [0.15, 0.2) is 77.8 Å². The van der Waals surface area contributed by atoms with Gasteiger partial charge in [-0.25, -0.2) is 27.5 Å². The molecule has 224 valence electrons. The molecule has 0 radical (unpaired) electrons. The van der Waals surface area contributed by atoms with Crippen molar-refractivity contribution < 1.29 is 30.8 Å². The fourth-order valence-electron chi connectivity index (χ4n) is 4.76. The molecular weight excluding hydrogens is 588 g/mol. The molecule has 1 aliphatic rings. The summed E-state index contributed by atoms with van der Waals surface area (Å²) in [5, 5.41) is 3.23. The lowest BCUT2D eigenvalue weighted by Crippen LogP contribution is -2.47. The maximum Gasteiger partial charge on any atom is 0.451 e. The Morgan fingerprint density at radius 1 is 1.05 bits per heavy atom. The van der Waals surface area contributed by atoms with Crippen molar-refractivity contribution in [1.29, 1.82) is 0 Å². The lowest BCUT2D eigenvalue weighted by Gasteiger charge is -2.38. The number of alkyl halides is 3. The Balaban J connectivity index is 1.81. The molecule has 1 unspecified atom stereocenters. The summed E-state index contributed by atoms with van der Waals surface area (Å²) in [7, 11) is -4.31. The predicted molar refractivity (Wildman–Crippen MR) is 151 cm³/mol. The summed E-state index contributed by atoms with van der Waals surface area (Å²) in [5.74, 6) is -2.85. The van der Waals surface area contributed by atoms with E-state index < -0.39 is 39.8 Å². The summed E-state index contributed by atoms with van der Waals surface area (Å²) in [5.41, 5.74) is 0.828.